The molecule has 4 aromatic carbocycles. The van der Waals surface area contributed by atoms with Crippen molar-refractivity contribution in [3.63, 3.8) is 0 Å². The first-order chi connectivity index (χ1) is 33.0. The Balaban J connectivity index is 0.00000304. The van der Waals surface area contributed by atoms with Crippen molar-refractivity contribution in [1.29, 1.82) is 5.26 Å². The van der Waals surface area contributed by atoms with Crippen LogP contribution in [0.25, 0.3) is 25.6 Å². The van der Waals surface area contributed by atoms with E-state index >= 15 is 0 Å². The number of hydrogen-bond acceptors (Lipinski definition) is 23. The molecule has 0 atom stereocenters. The molecule has 8 rings (SSSR count). The van der Waals surface area contributed by atoms with E-state index in [1.54, 1.807) is 20.8 Å². The van der Waals surface area contributed by atoms with E-state index in [2.05, 4.69) is 25.6 Å². The largest absolute Gasteiger partial charge is 1.00 e. The SMILES string of the molecule is Cc1cc(N(c2nc3ccc(S(=O)(=O)[O-])cc3s2)c2c(C)cc(C)c(S(=O)(=O)[O-])c2C)nc(Nc2c(C)cc(C)c(S(=O)(=O)[O-])c2C)c1N=Nc1c(C#N)c(C)nn1-c1nc2ccc(S(=O)(=O)[O-])cc2s1.[K+].[K+].[K+].[K+]. The van der Waals surface area contributed by atoms with Crippen LogP contribution < -0.4 is 216 Å². The average Bonchev–Trinajstić information content (AvgIpc) is 3.95. The van der Waals surface area contributed by atoms with Gasteiger partial charge in [0.1, 0.15) is 63.6 Å². The second kappa shape index (κ2) is 25.6. The van der Waals surface area contributed by atoms with Crippen LogP contribution in [-0.2, 0) is 40.5 Å². The van der Waals surface area contributed by atoms with Gasteiger partial charge in [-0.1, -0.05) is 34.8 Å². The fraction of sp³-hybridized carbons (Fsp3) is 0.186. The molecule has 4 aromatic heterocycles. The maximum Gasteiger partial charge on any atom is 1.00 e. The van der Waals surface area contributed by atoms with E-state index in [-0.39, 0.29) is 300 Å². The van der Waals surface area contributed by atoms with E-state index in [9.17, 15) is 57.1 Å². The van der Waals surface area contributed by atoms with Gasteiger partial charge in [-0.15, -0.1) is 10.2 Å². The Labute approximate surface area is 609 Å². The molecule has 32 heteroatoms. The summed E-state index contributed by atoms with van der Waals surface area (Å²) in [6.45, 7) is 12.1. The molecule has 0 bridgehead atoms. The van der Waals surface area contributed by atoms with Crippen molar-refractivity contribution in [1.82, 2.24) is 24.7 Å². The predicted octanol–water partition coefficient (Wildman–Crippen LogP) is -3.91. The number of aryl methyl sites for hydroxylation is 6. The summed E-state index contributed by atoms with van der Waals surface area (Å²) >= 11 is 1.83. The van der Waals surface area contributed by atoms with Crippen LogP contribution in [0.5, 0.6) is 0 Å². The zero-order valence-corrected chi connectivity index (χ0v) is 59.5. The van der Waals surface area contributed by atoms with Crippen molar-refractivity contribution in [2.75, 3.05) is 10.2 Å². The molecule has 0 aliphatic rings. The van der Waals surface area contributed by atoms with Crippen LogP contribution in [0.15, 0.2) is 84.4 Å². The summed E-state index contributed by atoms with van der Waals surface area (Å²) in [6, 6.07) is 13.6. The number of pyridine rings is 1. The van der Waals surface area contributed by atoms with E-state index in [4.69, 9.17) is 9.97 Å². The van der Waals surface area contributed by atoms with E-state index in [1.165, 1.54) is 74.5 Å². The van der Waals surface area contributed by atoms with Crippen LogP contribution in [0.1, 0.15) is 50.2 Å². The standard InChI is InChI=1S/C43H38N10O12S6.4K/c1-19-13-22(4)38(70(60,61)62)24(6)35(19)48-40-36(49-50-41-29(18-44)26(8)51-53(41)43-46-31-12-10-28(69(57,58)59)17-33(31)67-43)20(2)15-34(47-40)52(37-21(3)14-23(5)39(25(37)7)71(63,64)65)42-45-30-11-9-27(68(54,55)56)16-32(30)66-42;;;;/h9-17H,1-8H3,(H,47,48)(H,54,55,56)(H,57,58,59)(H,60,61,62)(H,63,64,65);;;;/q;4*+1/p-4. The van der Waals surface area contributed by atoms with Crippen molar-refractivity contribution in [2.45, 2.75) is 75.0 Å². The van der Waals surface area contributed by atoms with Gasteiger partial charge in [-0.25, -0.2) is 48.6 Å². The number of hydrogen-bond donors (Lipinski definition) is 1. The number of fused-ring (bicyclic) bond motifs is 2. The molecule has 0 spiro atoms. The molecule has 0 aliphatic carbocycles. The zero-order chi connectivity index (χ0) is 52.0. The fourth-order valence-electron chi connectivity index (χ4n) is 8.29. The summed E-state index contributed by atoms with van der Waals surface area (Å²) in [6.07, 6.45) is 0. The zero-order valence-electron chi connectivity index (χ0n) is 42.1. The van der Waals surface area contributed by atoms with Gasteiger partial charge in [-0.3, -0.25) is 4.90 Å². The normalized spacial score (nSPS) is 11.9. The monoisotopic (exact) mass is 1230 g/mol. The number of benzene rings is 4. The number of thiazole rings is 2. The van der Waals surface area contributed by atoms with Crippen LogP contribution in [-0.4, -0.2) is 76.6 Å². The number of azo groups is 1. The van der Waals surface area contributed by atoms with Gasteiger partial charge in [0.2, 0.25) is 5.13 Å². The molecule has 0 saturated carbocycles. The van der Waals surface area contributed by atoms with Crippen LogP contribution in [0.2, 0.25) is 0 Å². The van der Waals surface area contributed by atoms with E-state index in [0.29, 0.717) is 21.3 Å². The molecule has 0 saturated heterocycles. The van der Waals surface area contributed by atoms with Crippen LogP contribution in [0, 0.1) is 66.7 Å². The first kappa shape index (κ1) is 67.4. The Morgan fingerprint density at radius 1 is 0.613 bits per heavy atom. The first-order valence-corrected chi connectivity index (χ1v) is 27.6. The van der Waals surface area contributed by atoms with Gasteiger partial charge >= 0.3 is 206 Å². The van der Waals surface area contributed by atoms with E-state index < -0.39 is 60.1 Å². The predicted molar refractivity (Wildman–Crippen MR) is 257 cm³/mol. The minimum Gasteiger partial charge on any atom is -0.744 e. The first-order valence-electron chi connectivity index (χ1n) is 20.3. The molecular formula is C43H34K4N10O12S6. The quantitative estimate of drug-likeness (QED) is 0.0694. The van der Waals surface area contributed by atoms with Gasteiger partial charge in [0.15, 0.2) is 16.8 Å². The Kier molecular flexibility index (Phi) is 23.0. The summed E-state index contributed by atoms with van der Waals surface area (Å²) in [5.41, 5.74) is 2.29. The van der Waals surface area contributed by atoms with Gasteiger partial charge in [0, 0.05) is 5.69 Å². The molecule has 1 N–H and O–H groups in total. The van der Waals surface area contributed by atoms with Crippen molar-refractivity contribution in [3.05, 3.63) is 105 Å². The molecule has 368 valence electrons. The molecule has 8 aromatic rings. The Morgan fingerprint density at radius 2 is 1.13 bits per heavy atom. The Morgan fingerprint density at radius 3 is 1.67 bits per heavy atom. The fourth-order valence-corrected chi connectivity index (χ4v) is 13.3. The molecule has 0 aliphatic heterocycles. The van der Waals surface area contributed by atoms with Gasteiger partial charge in [0.05, 0.1) is 51.4 Å². The summed E-state index contributed by atoms with van der Waals surface area (Å²) in [4.78, 5) is 13.5. The number of nitriles is 1. The molecule has 0 unspecified atom stereocenters. The van der Waals surface area contributed by atoms with Crippen molar-refractivity contribution in [3.8, 4) is 11.2 Å². The summed E-state index contributed by atoms with van der Waals surface area (Å²) in [7, 11) is -19.9. The maximum absolute atomic E-state index is 12.8. The van der Waals surface area contributed by atoms with Crippen LogP contribution in [0.3, 0.4) is 0 Å². The maximum atomic E-state index is 12.8. The average molecular weight is 1230 g/mol. The smallest absolute Gasteiger partial charge is 0.744 e. The van der Waals surface area contributed by atoms with Crippen molar-refractivity contribution < 1.29 is 257 Å². The van der Waals surface area contributed by atoms with Gasteiger partial charge in [-0.05, 0) is 137 Å². The molecule has 0 fully saturated rings. The molecular weight excluding hydrogens is 1200 g/mol. The molecule has 0 radical (unpaired) electrons. The number of anilines is 5. The number of rotatable bonds is 12. The molecule has 75 heavy (non-hydrogen) atoms. The molecule has 4 heterocycles. The van der Waals surface area contributed by atoms with Crippen molar-refractivity contribution >= 4 is 123 Å². The van der Waals surface area contributed by atoms with Gasteiger partial charge in [0.25, 0.3) is 0 Å². The van der Waals surface area contributed by atoms with Crippen LogP contribution >= 0.6 is 22.7 Å². The van der Waals surface area contributed by atoms with E-state index in [1.807, 2.05) is 6.07 Å². The Bertz CT molecular complexity index is 4180. The topological polar surface area (TPSA) is 349 Å². The minimum atomic E-state index is -5.12. The number of nitrogens with zero attached hydrogens (tertiary/aromatic N) is 9. The molecule has 22 nitrogen and oxygen atoms in total. The third kappa shape index (κ3) is 14.0. The summed E-state index contributed by atoms with van der Waals surface area (Å²) in [5.74, 6) is -0.341. The Hall–Kier alpha value is -0.105. The second-order valence-electron chi connectivity index (χ2n) is 16.2. The van der Waals surface area contributed by atoms with Gasteiger partial charge in [-0.2, -0.15) is 15.0 Å². The van der Waals surface area contributed by atoms with Gasteiger partial charge < -0.3 is 23.5 Å². The third-order valence-electron chi connectivity index (χ3n) is 11.2. The number of aromatic nitrogens is 5. The third-order valence-corrected chi connectivity index (χ3v) is 17.1. The second-order valence-corrected chi connectivity index (χ2v) is 23.6. The summed E-state index contributed by atoms with van der Waals surface area (Å²) in [5, 5.41) is 27.1. The number of nitrogens with one attached hydrogen (secondary N) is 1. The van der Waals surface area contributed by atoms with Crippen LogP contribution in [0.4, 0.5) is 39.6 Å². The minimum absolute atomic E-state index is 0. The summed E-state index contributed by atoms with van der Waals surface area (Å²) < 4.78 is 150. The molecule has 0 amide bonds. The van der Waals surface area contributed by atoms with E-state index in [0.717, 1.165) is 46.9 Å². The van der Waals surface area contributed by atoms with Crippen molar-refractivity contribution in [2.24, 2.45) is 10.2 Å².